The largest absolute Gasteiger partial charge is 0.379 e. The van der Waals surface area contributed by atoms with E-state index in [0.717, 1.165) is 50.3 Å². The molecule has 3 aromatic heterocycles. The van der Waals surface area contributed by atoms with Gasteiger partial charge in [-0.1, -0.05) is 13.8 Å². The second-order valence-corrected chi connectivity index (χ2v) is 9.92. The highest BCUT2D eigenvalue weighted by Crippen LogP contribution is 2.30. The zero-order valence-corrected chi connectivity index (χ0v) is 20.4. The Morgan fingerprint density at radius 3 is 2.39 bits per heavy atom. The van der Waals surface area contributed by atoms with Crippen LogP contribution in [0.5, 0.6) is 0 Å². The average Bonchev–Trinajstić information content (AvgIpc) is 3.55. The Bertz CT molecular complexity index is 1260. The van der Waals surface area contributed by atoms with Crippen LogP contribution in [0.25, 0.3) is 5.65 Å². The molecular weight excluding hydrogens is 463 g/mol. The van der Waals surface area contributed by atoms with Crippen molar-refractivity contribution < 1.29 is 14.0 Å². The summed E-state index contributed by atoms with van der Waals surface area (Å²) in [6, 6.07) is 5.40. The number of anilines is 3. The minimum atomic E-state index is -0.676. The number of pyridine rings is 1. The van der Waals surface area contributed by atoms with Gasteiger partial charge < -0.3 is 21.3 Å². The molecule has 11 heteroatoms. The lowest BCUT2D eigenvalue weighted by molar-refractivity contribution is -0.124. The lowest BCUT2D eigenvalue weighted by Gasteiger charge is -2.30. The quantitative estimate of drug-likeness (QED) is 0.353. The van der Waals surface area contributed by atoms with E-state index < -0.39 is 11.9 Å². The second-order valence-electron chi connectivity index (χ2n) is 9.92. The molecule has 2 saturated carbocycles. The van der Waals surface area contributed by atoms with Gasteiger partial charge in [0.25, 0.3) is 5.91 Å². The van der Waals surface area contributed by atoms with Crippen LogP contribution < -0.4 is 21.3 Å². The third kappa shape index (κ3) is 5.55. The lowest BCUT2D eigenvalue weighted by Crippen LogP contribution is -2.41. The number of aromatic nitrogens is 4. The molecule has 10 nitrogen and oxygen atoms in total. The Hall–Kier alpha value is -3.76. The zero-order chi connectivity index (χ0) is 25.2. The minimum absolute atomic E-state index is 0.0201. The second kappa shape index (κ2) is 10.1. The van der Waals surface area contributed by atoms with Gasteiger partial charge in [-0.15, -0.1) is 5.10 Å². The Kier molecular flexibility index (Phi) is 6.71. The number of imidazole rings is 1. The Labute approximate surface area is 208 Å². The minimum Gasteiger partial charge on any atom is -0.379 e. The molecule has 0 saturated heterocycles. The number of amides is 2. The number of halogens is 1. The lowest BCUT2D eigenvalue weighted by atomic mass is 9.91. The van der Waals surface area contributed by atoms with Crippen LogP contribution in [0.15, 0.2) is 30.6 Å². The van der Waals surface area contributed by atoms with Crippen molar-refractivity contribution >= 4 is 34.7 Å². The smallest absolute Gasteiger partial charge is 0.276 e. The first-order valence-corrected chi connectivity index (χ1v) is 12.5. The molecule has 3 aromatic rings. The summed E-state index contributed by atoms with van der Waals surface area (Å²) in [5.74, 6) is -0.410. The van der Waals surface area contributed by atoms with Gasteiger partial charge in [-0.25, -0.2) is 14.5 Å². The Morgan fingerprint density at radius 2 is 1.69 bits per heavy atom. The van der Waals surface area contributed by atoms with Crippen LogP contribution >= 0.6 is 0 Å². The van der Waals surface area contributed by atoms with Crippen molar-refractivity contribution in [3.8, 4) is 0 Å². The van der Waals surface area contributed by atoms with E-state index in [1.54, 1.807) is 0 Å². The number of hydrogen-bond acceptors (Lipinski definition) is 7. The molecule has 190 valence electrons. The van der Waals surface area contributed by atoms with Gasteiger partial charge in [0.1, 0.15) is 5.82 Å². The molecule has 0 spiro atoms. The van der Waals surface area contributed by atoms with Crippen LogP contribution in [0.4, 0.5) is 21.6 Å². The third-order valence-corrected chi connectivity index (χ3v) is 6.57. The molecule has 2 aliphatic carbocycles. The SMILES string of the molecule is CC(C)C(=O)NC1CCC(Nc2cc(NC3CC3)c3ncc(C(=O)Nc4ccnc(F)c4)n3n2)CC1. The fourth-order valence-corrected chi connectivity index (χ4v) is 4.38. The first kappa shape index (κ1) is 24.0. The van der Waals surface area contributed by atoms with Gasteiger partial charge in [0.2, 0.25) is 11.9 Å². The van der Waals surface area contributed by atoms with Gasteiger partial charge in [-0.05, 0) is 44.6 Å². The number of fused-ring (bicyclic) bond motifs is 1. The molecule has 2 fully saturated rings. The fourth-order valence-electron chi connectivity index (χ4n) is 4.38. The van der Waals surface area contributed by atoms with E-state index in [1.807, 2.05) is 19.9 Å². The number of rotatable bonds is 8. The normalized spacial score (nSPS) is 19.8. The van der Waals surface area contributed by atoms with Crippen LogP contribution in [0.1, 0.15) is 62.9 Å². The van der Waals surface area contributed by atoms with Crippen molar-refractivity contribution in [1.29, 1.82) is 0 Å². The van der Waals surface area contributed by atoms with Crippen molar-refractivity contribution in [2.45, 2.75) is 70.5 Å². The van der Waals surface area contributed by atoms with Gasteiger partial charge in [0, 0.05) is 48.1 Å². The van der Waals surface area contributed by atoms with Crippen LogP contribution in [0, 0.1) is 11.9 Å². The molecule has 4 N–H and O–H groups in total. The van der Waals surface area contributed by atoms with Crippen LogP contribution in [-0.2, 0) is 4.79 Å². The summed E-state index contributed by atoms with van der Waals surface area (Å²) in [5.41, 5.74) is 1.90. The molecule has 2 aliphatic rings. The molecular formula is C25H31FN8O2. The van der Waals surface area contributed by atoms with Gasteiger partial charge >= 0.3 is 0 Å². The Morgan fingerprint density at radius 1 is 1.00 bits per heavy atom. The first-order chi connectivity index (χ1) is 17.4. The highest BCUT2D eigenvalue weighted by Gasteiger charge is 2.26. The van der Waals surface area contributed by atoms with E-state index in [2.05, 4.69) is 36.3 Å². The first-order valence-electron chi connectivity index (χ1n) is 12.5. The molecule has 5 rings (SSSR count). The topological polar surface area (TPSA) is 125 Å². The van der Waals surface area contributed by atoms with E-state index >= 15 is 0 Å². The monoisotopic (exact) mass is 494 g/mol. The molecule has 0 bridgehead atoms. The molecule has 3 heterocycles. The highest BCUT2D eigenvalue weighted by molar-refractivity contribution is 6.03. The highest BCUT2D eigenvalue weighted by atomic mass is 19.1. The van der Waals surface area contributed by atoms with E-state index in [9.17, 15) is 14.0 Å². The van der Waals surface area contributed by atoms with Crippen LogP contribution in [-0.4, -0.2) is 49.5 Å². The maximum absolute atomic E-state index is 13.5. The van der Waals surface area contributed by atoms with E-state index in [4.69, 9.17) is 0 Å². The van der Waals surface area contributed by atoms with Gasteiger partial charge in [-0.3, -0.25) is 9.59 Å². The van der Waals surface area contributed by atoms with Crippen molar-refractivity contribution in [1.82, 2.24) is 24.9 Å². The van der Waals surface area contributed by atoms with Gasteiger partial charge in [-0.2, -0.15) is 4.39 Å². The molecule has 0 radical (unpaired) electrons. The summed E-state index contributed by atoms with van der Waals surface area (Å²) in [6.45, 7) is 3.80. The van der Waals surface area contributed by atoms with Gasteiger partial charge in [0.05, 0.1) is 11.9 Å². The molecule has 36 heavy (non-hydrogen) atoms. The summed E-state index contributed by atoms with van der Waals surface area (Å²) in [6.07, 6.45) is 8.54. The van der Waals surface area contributed by atoms with Crippen molar-refractivity contribution in [2.24, 2.45) is 5.92 Å². The molecule has 0 atom stereocenters. The summed E-state index contributed by atoms with van der Waals surface area (Å²) in [4.78, 5) is 33.0. The number of hydrogen-bond donors (Lipinski definition) is 4. The zero-order valence-electron chi connectivity index (χ0n) is 20.4. The van der Waals surface area contributed by atoms with Crippen LogP contribution in [0.2, 0.25) is 0 Å². The predicted molar refractivity (Wildman–Crippen MR) is 134 cm³/mol. The van der Waals surface area contributed by atoms with Crippen molar-refractivity contribution in [3.05, 3.63) is 42.2 Å². The molecule has 0 aliphatic heterocycles. The number of nitrogens with zero attached hydrogens (tertiary/aromatic N) is 4. The van der Waals surface area contributed by atoms with E-state index in [-0.39, 0.29) is 29.6 Å². The summed E-state index contributed by atoms with van der Waals surface area (Å²) >= 11 is 0. The van der Waals surface area contributed by atoms with E-state index in [1.165, 1.54) is 23.0 Å². The van der Waals surface area contributed by atoms with E-state index in [0.29, 0.717) is 23.2 Å². The number of carbonyl (C=O) groups is 2. The summed E-state index contributed by atoms with van der Waals surface area (Å²) in [5, 5.41) is 17.5. The average molecular weight is 495 g/mol. The fraction of sp³-hybridized carbons (Fsp3) is 0.480. The maximum Gasteiger partial charge on any atom is 0.276 e. The van der Waals surface area contributed by atoms with Crippen LogP contribution in [0.3, 0.4) is 0 Å². The van der Waals surface area contributed by atoms with Crippen molar-refractivity contribution in [3.63, 3.8) is 0 Å². The number of carbonyl (C=O) groups excluding carboxylic acids is 2. The maximum atomic E-state index is 13.5. The molecule has 0 aromatic carbocycles. The summed E-state index contributed by atoms with van der Waals surface area (Å²) in [7, 11) is 0. The van der Waals surface area contributed by atoms with Gasteiger partial charge in [0.15, 0.2) is 11.3 Å². The molecule has 2 amide bonds. The standard InChI is InChI=1S/C25H31FN8O2/c1-14(2)24(35)31-17-7-5-16(6-8-17)30-22-12-19(29-15-3-4-15)23-28-13-20(34(23)33-22)25(36)32-18-9-10-27-21(26)11-18/h9-17,29H,3-8H2,1-2H3,(H,30,33)(H,31,35)(H,27,32,36). The number of nitrogens with one attached hydrogen (secondary N) is 4. The third-order valence-electron chi connectivity index (χ3n) is 6.57. The van der Waals surface area contributed by atoms with Crippen molar-refractivity contribution in [2.75, 3.05) is 16.0 Å². The molecule has 0 unspecified atom stereocenters. The summed E-state index contributed by atoms with van der Waals surface area (Å²) < 4.78 is 15.0. The predicted octanol–water partition coefficient (Wildman–Crippen LogP) is 3.59. The Balaban J connectivity index is 1.33.